The number of rotatable bonds is 6. The van der Waals surface area contributed by atoms with Gasteiger partial charge in [0.05, 0.1) is 4.91 Å². The van der Waals surface area contributed by atoms with Crippen LogP contribution in [0.5, 0.6) is 0 Å². The minimum atomic E-state index is -0.632. The number of carbonyl (C=O) groups excluding carboxylic acids is 1. The van der Waals surface area contributed by atoms with Gasteiger partial charge in [0.1, 0.15) is 11.3 Å². The molecule has 0 fully saturated rings. The number of hydrogen-bond acceptors (Lipinski definition) is 3. The van der Waals surface area contributed by atoms with Crippen LogP contribution in [-0.2, 0) is 6.54 Å². The summed E-state index contributed by atoms with van der Waals surface area (Å²) in [7, 11) is 0. The molecule has 7 nitrogen and oxygen atoms in total. The summed E-state index contributed by atoms with van der Waals surface area (Å²) in [6, 6.07) is 7.45. The number of benzene rings is 1. The van der Waals surface area contributed by atoms with E-state index < -0.39 is 5.91 Å². The first-order valence-electron chi connectivity index (χ1n) is 8.14. The van der Waals surface area contributed by atoms with Gasteiger partial charge in [-0.25, -0.2) is 5.21 Å². The second-order valence-electron chi connectivity index (χ2n) is 5.88. The third-order valence-corrected chi connectivity index (χ3v) is 4.15. The van der Waals surface area contributed by atoms with Gasteiger partial charge in [-0.05, 0) is 38.0 Å². The maximum atomic E-state index is 12.7. The van der Waals surface area contributed by atoms with Crippen molar-refractivity contribution in [1.29, 1.82) is 0 Å². The first-order valence-corrected chi connectivity index (χ1v) is 8.14. The zero-order valence-corrected chi connectivity index (χ0v) is 14.6. The number of aryl methyl sites for hydroxylation is 1. The van der Waals surface area contributed by atoms with Gasteiger partial charge in [0.25, 0.3) is 16.4 Å². The van der Waals surface area contributed by atoms with Crippen LogP contribution in [0.2, 0.25) is 0 Å². The van der Waals surface area contributed by atoms with Gasteiger partial charge in [-0.1, -0.05) is 25.5 Å². The second kappa shape index (κ2) is 7.74. The molecule has 25 heavy (non-hydrogen) atoms. The largest absolute Gasteiger partial charge is 0.329 e. The Bertz CT molecular complexity index is 871. The topological polar surface area (TPSA) is 91.4 Å². The van der Waals surface area contributed by atoms with Crippen molar-refractivity contribution < 1.29 is 14.9 Å². The summed E-state index contributed by atoms with van der Waals surface area (Å²) in [5.74, 6) is -0.632. The predicted octanol–water partition coefficient (Wildman–Crippen LogP) is 3.32. The van der Waals surface area contributed by atoms with Crippen molar-refractivity contribution in [2.75, 3.05) is 5.32 Å². The second-order valence-corrected chi connectivity index (χ2v) is 5.88. The molecule has 2 N–H and O–H groups in total. The number of amides is 1. The summed E-state index contributed by atoms with van der Waals surface area (Å²) in [6.07, 6.45) is 1.81. The summed E-state index contributed by atoms with van der Waals surface area (Å²) >= 11 is 0. The summed E-state index contributed by atoms with van der Waals surface area (Å²) in [5.41, 5.74) is 1.40. The van der Waals surface area contributed by atoms with Gasteiger partial charge in [0.2, 0.25) is 0 Å². The predicted molar refractivity (Wildman–Crippen MR) is 94.6 cm³/mol. The number of unbranched alkanes of at least 4 members (excludes halogenated alkanes) is 1. The lowest BCUT2D eigenvalue weighted by Crippen LogP contribution is -2.28. The van der Waals surface area contributed by atoms with Crippen molar-refractivity contribution >= 4 is 17.3 Å². The van der Waals surface area contributed by atoms with Crippen LogP contribution >= 0.6 is 0 Å². The Hall–Kier alpha value is -2.96. The molecule has 0 aliphatic carbocycles. The van der Waals surface area contributed by atoms with Crippen molar-refractivity contribution in [3.05, 3.63) is 62.4 Å². The first-order chi connectivity index (χ1) is 11.9. The minimum Gasteiger partial charge on any atom is -0.317 e. The average Bonchev–Trinajstić information content (AvgIpc) is 2.59. The highest BCUT2D eigenvalue weighted by Crippen LogP contribution is 2.19. The van der Waals surface area contributed by atoms with Crippen molar-refractivity contribution in [3.63, 3.8) is 0 Å². The monoisotopic (exact) mass is 344 g/mol. The van der Waals surface area contributed by atoms with Crippen LogP contribution in [0.3, 0.4) is 0 Å². The summed E-state index contributed by atoms with van der Waals surface area (Å²) < 4.78 is 1.65. The number of nitrogens with zero attached hydrogens (tertiary/aromatic N) is 2. The summed E-state index contributed by atoms with van der Waals surface area (Å²) in [6.45, 7) is 6.36. The first kappa shape index (κ1) is 18.4. The van der Waals surface area contributed by atoms with E-state index in [1.165, 1.54) is 18.2 Å². The molecule has 0 spiro atoms. The molecule has 2 aromatic rings. The molecule has 0 atom stereocenters. The number of anilines is 1. The molecule has 1 amide bonds. The highest BCUT2D eigenvalue weighted by atomic mass is 16.6. The van der Waals surface area contributed by atoms with Gasteiger partial charge in [-0.3, -0.25) is 9.59 Å². The molecular formula is C18H22N3O4+. The summed E-state index contributed by atoms with van der Waals surface area (Å²) in [5, 5.41) is 11.7. The Morgan fingerprint density at radius 2 is 1.96 bits per heavy atom. The summed E-state index contributed by atoms with van der Waals surface area (Å²) in [4.78, 5) is 36.0. The number of nitrogens with one attached hydrogen (secondary N) is 1. The van der Waals surface area contributed by atoms with Gasteiger partial charge >= 0.3 is 5.69 Å². The number of aromatic nitrogens is 1. The number of carbonyl (C=O) groups is 1. The van der Waals surface area contributed by atoms with E-state index in [0.29, 0.717) is 6.54 Å². The molecule has 1 aromatic heterocycles. The molecule has 0 aliphatic heterocycles. The Morgan fingerprint density at radius 3 is 2.60 bits per heavy atom. The lowest BCUT2D eigenvalue weighted by Gasteiger charge is -2.15. The SMILES string of the molecule is CCCCn1c(C)c(C)cc(NC(=O)c2ccccc2[N+](=O)O)c1=O. The molecule has 1 aromatic carbocycles. The fourth-order valence-electron chi connectivity index (χ4n) is 2.59. The molecule has 0 saturated carbocycles. The molecule has 7 heteroatoms. The van der Waals surface area contributed by atoms with Gasteiger partial charge in [-0.2, -0.15) is 0 Å². The van der Waals surface area contributed by atoms with Gasteiger partial charge in [0, 0.05) is 18.3 Å². The van der Waals surface area contributed by atoms with E-state index >= 15 is 0 Å². The third-order valence-electron chi connectivity index (χ3n) is 4.15. The fourth-order valence-corrected chi connectivity index (χ4v) is 2.59. The van der Waals surface area contributed by atoms with Crippen molar-refractivity contribution in [2.24, 2.45) is 0 Å². The zero-order chi connectivity index (χ0) is 18.6. The molecule has 0 saturated heterocycles. The van der Waals surface area contributed by atoms with E-state index in [9.17, 15) is 14.5 Å². The van der Waals surface area contributed by atoms with Crippen LogP contribution in [0.1, 0.15) is 41.4 Å². The maximum absolute atomic E-state index is 12.7. The van der Waals surface area contributed by atoms with E-state index in [1.807, 2.05) is 20.8 Å². The smallest absolute Gasteiger partial charge is 0.317 e. The van der Waals surface area contributed by atoms with Crippen LogP contribution in [0.25, 0.3) is 0 Å². The molecule has 1 heterocycles. The molecule has 0 radical (unpaired) electrons. The van der Waals surface area contributed by atoms with Gasteiger partial charge < -0.3 is 9.88 Å². The van der Waals surface area contributed by atoms with Crippen molar-refractivity contribution in [1.82, 2.24) is 4.57 Å². The minimum absolute atomic E-state index is 0.0160. The lowest BCUT2D eigenvalue weighted by atomic mass is 10.1. The van der Waals surface area contributed by atoms with E-state index in [-0.39, 0.29) is 27.4 Å². The Balaban J connectivity index is 2.41. The molecule has 0 bridgehead atoms. The molecule has 132 valence electrons. The van der Waals surface area contributed by atoms with Crippen LogP contribution in [-0.4, -0.2) is 20.6 Å². The molecule has 2 rings (SSSR count). The quantitative estimate of drug-likeness (QED) is 0.787. The van der Waals surface area contributed by atoms with Gasteiger partial charge in [-0.15, -0.1) is 0 Å². The Kier molecular flexibility index (Phi) is 5.69. The van der Waals surface area contributed by atoms with E-state index in [1.54, 1.807) is 16.7 Å². The highest BCUT2D eigenvalue weighted by molar-refractivity contribution is 6.06. The zero-order valence-electron chi connectivity index (χ0n) is 14.6. The fraction of sp³-hybridized carbons (Fsp3) is 0.333. The molecular weight excluding hydrogens is 322 g/mol. The number of para-hydroxylation sites is 1. The molecule has 0 aliphatic rings. The number of hydrogen-bond donors (Lipinski definition) is 2. The third kappa shape index (κ3) is 3.93. The van der Waals surface area contributed by atoms with Crippen LogP contribution in [0.15, 0.2) is 35.1 Å². The van der Waals surface area contributed by atoms with E-state index in [0.717, 1.165) is 24.1 Å². The molecule has 0 unspecified atom stereocenters. The number of pyridine rings is 1. The standard InChI is InChI=1S/C18H21N3O4/c1-4-5-10-20-13(3)12(2)11-15(18(20)23)19-17(22)14-8-6-7-9-16(14)21(24)25/h6-9,11H,4-5,10H2,1-3H3,(H-,19,22,24,25)/p+1. The lowest BCUT2D eigenvalue weighted by molar-refractivity contribution is -0.729. The van der Waals surface area contributed by atoms with Crippen molar-refractivity contribution in [2.45, 2.75) is 40.2 Å². The van der Waals surface area contributed by atoms with E-state index in [2.05, 4.69) is 5.32 Å². The van der Waals surface area contributed by atoms with Gasteiger partial charge in [0.15, 0.2) is 0 Å². The van der Waals surface area contributed by atoms with Crippen LogP contribution in [0.4, 0.5) is 11.4 Å². The highest BCUT2D eigenvalue weighted by Gasteiger charge is 2.24. The van der Waals surface area contributed by atoms with E-state index in [4.69, 9.17) is 5.21 Å². The Morgan fingerprint density at radius 1 is 1.28 bits per heavy atom. The average molecular weight is 344 g/mol. The van der Waals surface area contributed by atoms with Crippen LogP contribution in [0, 0.1) is 18.8 Å². The maximum Gasteiger partial charge on any atom is 0.329 e. The normalized spacial score (nSPS) is 10.5. The van der Waals surface area contributed by atoms with Crippen molar-refractivity contribution in [3.8, 4) is 0 Å². The Labute approximate surface area is 145 Å². The van der Waals surface area contributed by atoms with Crippen LogP contribution < -0.4 is 10.9 Å².